The molecule has 0 radical (unpaired) electrons. The molecule has 4 nitrogen and oxygen atoms in total. The molecule has 4 heteroatoms. The van der Waals surface area contributed by atoms with Gasteiger partial charge in [-0.1, -0.05) is 30.3 Å². The molecule has 0 aliphatic heterocycles. The second kappa shape index (κ2) is 6.65. The number of amides is 2. The molecular weight excluding hydrogens is 288 g/mol. The maximum atomic E-state index is 12.7. The Morgan fingerprint density at radius 3 is 2.52 bits per heavy atom. The van der Waals surface area contributed by atoms with Crippen molar-refractivity contribution in [3.63, 3.8) is 0 Å². The zero-order valence-corrected chi connectivity index (χ0v) is 13.1. The fraction of sp³-hybridized carbons (Fsp3) is 0.263. The predicted molar refractivity (Wildman–Crippen MR) is 91.5 cm³/mol. The van der Waals surface area contributed by atoms with E-state index in [9.17, 15) is 9.59 Å². The third-order valence-electron chi connectivity index (χ3n) is 4.14. The standard InChI is InChI=1S/C19H20N2O2/c1-13(22)20-15-8-5-9-16(12-15)21-19(23)18-11-4-7-14-6-2-3-10-17(14)18/h2-3,5-6,8-10,12,18H,4,7,11H2,1H3,(H,20,22)(H,21,23)/t18-/m0/s1. The average molecular weight is 308 g/mol. The Bertz CT molecular complexity index is 740. The summed E-state index contributed by atoms with van der Waals surface area (Å²) in [6, 6.07) is 15.4. The smallest absolute Gasteiger partial charge is 0.231 e. The van der Waals surface area contributed by atoms with Gasteiger partial charge in [0.05, 0.1) is 5.92 Å². The summed E-state index contributed by atoms with van der Waals surface area (Å²) in [4.78, 5) is 23.8. The third kappa shape index (κ3) is 3.59. The molecule has 1 aliphatic rings. The molecule has 1 aliphatic carbocycles. The van der Waals surface area contributed by atoms with E-state index in [1.165, 1.54) is 12.5 Å². The van der Waals surface area contributed by atoms with Crippen molar-refractivity contribution in [3.05, 3.63) is 59.7 Å². The first-order valence-electron chi connectivity index (χ1n) is 7.90. The number of aryl methyl sites for hydroxylation is 1. The van der Waals surface area contributed by atoms with E-state index in [2.05, 4.69) is 16.7 Å². The van der Waals surface area contributed by atoms with Crippen LogP contribution in [-0.2, 0) is 16.0 Å². The predicted octanol–water partition coefficient (Wildman–Crippen LogP) is 3.70. The highest BCUT2D eigenvalue weighted by Crippen LogP contribution is 2.32. The minimum atomic E-state index is -0.130. The van der Waals surface area contributed by atoms with Gasteiger partial charge in [0.15, 0.2) is 0 Å². The Morgan fingerprint density at radius 2 is 1.74 bits per heavy atom. The molecule has 3 rings (SSSR count). The van der Waals surface area contributed by atoms with Gasteiger partial charge in [-0.25, -0.2) is 0 Å². The Balaban J connectivity index is 1.76. The van der Waals surface area contributed by atoms with Gasteiger partial charge in [-0.05, 0) is 48.6 Å². The van der Waals surface area contributed by atoms with Gasteiger partial charge < -0.3 is 10.6 Å². The second-order valence-electron chi connectivity index (χ2n) is 5.89. The van der Waals surface area contributed by atoms with Crippen LogP contribution in [0.2, 0.25) is 0 Å². The summed E-state index contributed by atoms with van der Waals surface area (Å²) in [5, 5.41) is 5.70. The van der Waals surface area contributed by atoms with Crippen molar-refractivity contribution in [1.29, 1.82) is 0 Å². The van der Waals surface area contributed by atoms with Crippen LogP contribution in [0, 0.1) is 0 Å². The van der Waals surface area contributed by atoms with Crippen LogP contribution in [0.4, 0.5) is 11.4 Å². The highest BCUT2D eigenvalue weighted by Gasteiger charge is 2.26. The zero-order chi connectivity index (χ0) is 16.2. The van der Waals surface area contributed by atoms with E-state index < -0.39 is 0 Å². The van der Waals surface area contributed by atoms with E-state index in [1.54, 1.807) is 12.1 Å². The molecule has 0 spiro atoms. The quantitative estimate of drug-likeness (QED) is 0.908. The zero-order valence-electron chi connectivity index (χ0n) is 13.1. The number of benzene rings is 2. The Hall–Kier alpha value is -2.62. The summed E-state index contributed by atoms with van der Waals surface area (Å²) in [5.41, 5.74) is 3.78. The molecule has 2 aromatic carbocycles. The molecule has 0 aromatic heterocycles. The number of carbonyl (C=O) groups is 2. The Kier molecular flexibility index (Phi) is 4.42. The summed E-state index contributed by atoms with van der Waals surface area (Å²) in [6.07, 6.45) is 2.94. The van der Waals surface area contributed by atoms with E-state index in [-0.39, 0.29) is 17.7 Å². The maximum Gasteiger partial charge on any atom is 0.231 e. The SMILES string of the molecule is CC(=O)Nc1cccc(NC(=O)[C@H]2CCCc3ccccc32)c1. The van der Waals surface area contributed by atoms with E-state index in [1.807, 2.05) is 30.3 Å². The van der Waals surface area contributed by atoms with Gasteiger partial charge in [-0.3, -0.25) is 9.59 Å². The van der Waals surface area contributed by atoms with Crippen LogP contribution in [0.1, 0.15) is 36.8 Å². The van der Waals surface area contributed by atoms with Gasteiger partial charge in [-0.2, -0.15) is 0 Å². The second-order valence-corrected chi connectivity index (χ2v) is 5.89. The van der Waals surface area contributed by atoms with Gasteiger partial charge in [0.1, 0.15) is 0 Å². The fourth-order valence-electron chi connectivity index (χ4n) is 3.13. The molecule has 118 valence electrons. The van der Waals surface area contributed by atoms with Crippen molar-refractivity contribution >= 4 is 23.2 Å². The van der Waals surface area contributed by atoms with Crippen molar-refractivity contribution in [2.75, 3.05) is 10.6 Å². The number of fused-ring (bicyclic) bond motifs is 1. The van der Waals surface area contributed by atoms with Crippen LogP contribution >= 0.6 is 0 Å². The molecular formula is C19H20N2O2. The van der Waals surface area contributed by atoms with Crippen LogP contribution in [0.15, 0.2) is 48.5 Å². The Morgan fingerprint density at radius 1 is 1.00 bits per heavy atom. The summed E-state index contributed by atoms with van der Waals surface area (Å²) in [7, 11) is 0. The number of rotatable bonds is 3. The fourth-order valence-corrected chi connectivity index (χ4v) is 3.13. The van der Waals surface area contributed by atoms with Crippen LogP contribution in [-0.4, -0.2) is 11.8 Å². The minimum Gasteiger partial charge on any atom is -0.326 e. The topological polar surface area (TPSA) is 58.2 Å². The Labute approximate surface area is 135 Å². The molecule has 0 unspecified atom stereocenters. The van der Waals surface area contributed by atoms with Gasteiger partial charge in [-0.15, -0.1) is 0 Å². The van der Waals surface area contributed by atoms with Crippen molar-refractivity contribution in [1.82, 2.24) is 0 Å². The van der Waals surface area contributed by atoms with Crippen molar-refractivity contribution < 1.29 is 9.59 Å². The van der Waals surface area contributed by atoms with Gasteiger partial charge in [0.2, 0.25) is 11.8 Å². The molecule has 2 N–H and O–H groups in total. The van der Waals surface area contributed by atoms with Gasteiger partial charge in [0, 0.05) is 18.3 Å². The molecule has 0 bridgehead atoms. The summed E-state index contributed by atoms with van der Waals surface area (Å²) >= 11 is 0. The number of carbonyl (C=O) groups excluding carboxylic acids is 2. The first kappa shape index (κ1) is 15.3. The van der Waals surface area contributed by atoms with Crippen LogP contribution in [0.3, 0.4) is 0 Å². The van der Waals surface area contributed by atoms with Crippen LogP contribution < -0.4 is 10.6 Å². The highest BCUT2D eigenvalue weighted by atomic mass is 16.2. The molecule has 23 heavy (non-hydrogen) atoms. The average Bonchev–Trinajstić information content (AvgIpc) is 2.54. The highest BCUT2D eigenvalue weighted by molar-refractivity contribution is 5.97. The minimum absolute atomic E-state index is 0.0112. The summed E-state index contributed by atoms with van der Waals surface area (Å²) < 4.78 is 0. The molecule has 2 amide bonds. The summed E-state index contributed by atoms with van der Waals surface area (Å²) in [5.74, 6) is -0.226. The molecule has 1 atom stereocenters. The lowest BCUT2D eigenvalue weighted by atomic mass is 9.82. The molecule has 0 fully saturated rings. The summed E-state index contributed by atoms with van der Waals surface area (Å²) in [6.45, 7) is 1.46. The van der Waals surface area contributed by atoms with E-state index in [4.69, 9.17) is 0 Å². The molecule has 0 saturated heterocycles. The largest absolute Gasteiger partial charge is 0.326 e. The lowest BCUT2D eigenvalue weighted by Gasteiger charge is -2.24. The van der Waals surface area contributed by atoms with E-state index in [0.29, 0.717) is 11.4 Å². The van der Waals surface area contributed by atoms with E-state index >= 15 is 0 Å². The maximum absolute atomic E-state index is 12.7. The normalized spacial score (nSPS) is 16.3. The number of nitrogens with one attached hydrogen (secondary N) is 2. The lowest BCUT2D eigenvalue weighted by molar-refractivity contribution is -0.118. The first-order valence-corrected chi connectivity index (χ1v) is 7.90. The monoisotopic (exact) mass is 308 g/mol. The number of hydrogen-bond acceptors (Lipinski definition) is 2. The van der Waals surface area contributed by atoms with E-state index in [0.717, 1.165) is 24.8 Å². The van der Waals surface area contributed by atoms with Crippen LogP contribution in [0.5, 0.6) is 0 Å². The lowest BCUT2D eigenvalue weighted by Crippen LogP contribution is -2.24. The van der Waals surface area contributed by atoms with Gasteiger partial charge >= 0.3 is 0 Å². The molecule has 2 aromatic rings. The van der Waals surface area contributed by atoms with Crippen molar-refractivity contribution in [2.24, 2.45) is 0 Å². The van der Waals surface area contributed by atoms with Crippen molar-refractivity contribution in [2.45, 2.75) is 32.1 Å². The number of hydrogen-bond donors (Lipinski definition) is 2. The van der Waals surface area contributed by atoms with Gasteiger partial charge in [0.25, 0.3) is 0 Å². The number of anilines is 2. The third-order valence-corrected chi connectivity index (χ3v) is 4.14. The molecule has 0 heterocycles. The first-order chi connectivity index (χ1) is 11.1. The van der Waals surface area contributed by atoms with Crippen LogP contribution in [0.25, 0.3) is 0 Å². The van der Waals surface area contributed by atoms with Crippen molar-refractivity contribution in [3.8, 4) is 0 Å². The molecule has 0 saturated carbocycles.